The molecule has 4 atom stereocenters. The highest BCUT2D eigenvalue weighted by molar-refractivity contribution is 5.96. The van der Waals surface area contributed by atoms with E-state index in [4.69, 9.17) is 4.74 Å². The summed E-state index contributed by atoms with van der Waals surface area (Å²) in [5, 5.41) is 14.1. The van der Waals surface area contributed by atoms with Crippen LogP contribution in [0.2, 0.25) is 0 Å². The van der Waals surface area contributed by atoms with Crippen molar-refractivity contribution in [2.75, 3.05) is 5.32 Å². The molecule has 1 amide bonds. The Hall–Kier alpha value is -2.14. The maximum atomic E-state index is 12.5. The molecule has 1 saturated heterocycles. The first kappa shape index (κ1) is 13.5. The van der Waals surface area contributed by atoms with Crippen LogP contribution in [0.15, 0.2) is 30.4 Å². The molecule has 5 nitrogen and oxygen atoms in total. The number of nitrogens with one attached hydrogen (secondary N) is 1. The van der Waals surface area contributed by atoms with Gasteiger partial charge in [0, 0.05) is 17.6 Å². The molecule has 2 heterocycles. The highest BCUT2D eigenvalue weighted by Crippen LogP contribution is 2.39. The average Bonchev–Trinajstić information content (AvgIpc) is 3.20. The van der Waals surface area contributed by atoms with Gasteiger partial charge in [-0.1, -0.05) is 18.2 Å². The molecule has 0 saturated carbocycles. The lowest BCUT2D eigenvalue weighted by Crippen LogP contribution is -2.45. The lowest BCUT2D eigenvalue weighted by molar-refractivity contribution is -0.313. The van der Waals surface area contributed by atoms with Crippen molar-refractivity contribution < 1.29 is 19.4 Å². The van der Waals surface area contributed by atoms with Crippen LogP contribution in [0.5, 0.6) is 0 Å². The highest BCUT2D eigenvalue weighted by atomic mass is 16.5. The number of ether oxygens (including phenoxy) is 1. The summed E-state index contributed by atoms with van der Waals surface area (Å²) in [5.41, 5.74) is 3.31. The number of hydrogen-bond donors (Lipinski definition) is 1. The SMILES string of the molecule is O=C(Nc1ccc2c(c1)CCC2)[C@@H]1[C@@H](C(=O)[O-])[C@H]2C=C[C@@H]1O2. The van der Waals surface area contributed by atoms with Crippen LogP contribution in [0.4, 0.5) is 5.69 Å². The van der Waals surface area contributed by atoms with Crippen molar-refractivity contribution in [3.63, 3.8) is 0 Å². The second kappa shape index (κ2) is 4.95. The minimum atomic E-state index is -1.23. The van der Waals surface area contributed by atoms with Gasteiger partial charge in [0.1, 0.15) is 0 Å². The van der Waals surface area contributed by atoms with Crippen molar-refractivity contribution in [2.45, 2.75) is 31.5 Å². The van der Waals surface area contributed by atoms with Crippen molar-refractivity contribution in [2.24, 2.45) is 11.8 Å². The number of fused-ring (bicyclic) bond motifs is 3. The van der Waals surface area contributed by atoms with Crippen LogP contribution >= 0.6 is 0 Å². The van der Waals surface area contributed by atoms with Crippen LogP contribution in [0.25, 0.3) is 0 Å². The molecule has 0 spiro atoms. The molecule has 4 rings (SSSR count). The predicted molar refractivity (Wildman–Crippen MR) is 76.9 cm³/mol. The highest BCUT2D eigenvalue weighted by Gasteiger charge is 2.50. The van der Waals surface area contributed by atoms with E-state index in [0.717, 1.165) is 24.9 Å². The van der Waals surface area contributed by atoms with E-state index in [1.165, 1.54) is 11.1 Å². The number of anilines is 1. The third-order valence-electron chi connectivity index (χ3n) is 4.84. The fraction of sp³-hybridized carbons (Fsp3) is 0.412. The molecule has 1 fully saturated rings. The van der Waals surface area contributed by atoms with Gasteiger partial charge in [0.15, 0.2) is 0 Å². The van der Waals surface area contributed by atoms with E-state index in [2.05, 4.69) is 5.32 Å². The molecule has 0 radical (unpaired) electrons. The van der Waals surface area contributed by atoms with Gasteiger partial charge >= 0.3 is 0 Å². The van der Waals surface area contributed by atoms with E-state index in [-0.39, 0.29) is 5.91 Å². The van der Waals surface area contributed by atoms with Gasteiger partial charge in [-0.2, -0.15) is 0 Å². The average molecular weight is 298 g/mol. The van der Waals surface area contributed by atoms with Crippen LogP contribution in [0, 0.1) is 11.8 Å². The predicted octanol–water partition coefficient (Wildman–Crippen LogP) is 0.433. The molecule has 114 valence electrons. The zero-order valence-electron chi connectivity index (χ0n) is 12.0. The van der Waals surface area contributed by atoms with E-state index in [1.54, 1.807) is 12.2 Å². The number of benzene rings is 1. The molecule has 2 aliphatic heterocycles. The zero-order chi connectivity index (χ0) is 15.3. The van der Waals surface area contributed by atoms with Crippen molar-refractivity contribution in [1.82, 2.24) is 0 Å². The van der Waals surface area contributed by atoms with E-state index in [1.807, 2.05) is 18.2 Å². The zero-order valence-corrected chi connectivity index (χ0v) is 12.0. The Balaban J connectivity index is 1.55. The topological polar surface area (TPSA) is 78.5 Å². The van der Waals surface area contributed by atoms with E-state index < -0.39 is 30.0 Å². The van der Waals surface area contributed by atoms with Crippen LogP contribution in [0.3, 0.4) is 0 Å². The van der Waals surface area contributed by atoms with Gasteiger partial charge in [0.2, 0.25) is 5.91 Å². The summed E-state index contributed by atoms with van der Waals surface area (Å²) in [6, 6.07) is 5.89. The number of carbonyl (C=O) groups excluding carboxylic acids is 2. The van der Waals surface area contributed by atoms with E-state index >= 15 is 0 Å². The second-order valence-corrected chi connectivity index (χ2v) is 6.15. The normalized spacial score (nSPS) is 31.3. The van der Waals surface area contributed by atoms with Crippen LogP contribution in [0.1, 0.15) is 17.5 Å². The molecule has 3 aliphatic rings. The largest absolute Gasteiger partial charge is 0.550 e. The molecular weight excluding hydrogens is 282 g/mol. The first-order valence-corrected chi connectivity index (χ1v) is 7.61. The van der Waals surface area contributed by atoms with E-state index in [9.17, 15) is 14.7 Å². The Morgan fingerprint density at radius 2 is 1.82 bits per heavy atom. The Morgan fingerprint density at radius 3 is 2.59 bits per heavy atom. The number of amides is 1. The van der Waals surface area contributed by atoms with Crippen LogP contribution < -0.4 is 10.4 Å². The van der Waals surface area contributed by atoms with Gasteiger partial charge in [0.25, 0.3) is 0 Å². The van der Waals surface area contributed by atoms with Crippen molar-refractivity contribution in [3.05, 3.63) is 41.5 Å². The smallest absolute Gasteiger partial charge is 0.231 e. The van der Waals surface area contributed by atoms with Crippen LogP contribution in [-0.4, -0.2) is 24.1 Å². The third-order valence-corrected chi connectivity index (χ3v) is 4.84. The summed E-state index contributed by atoms with van der Waals surface area (Å²) in [4.78, 5) is 23.8. The molecule has 5 heteroatoms. The number of aliphatic carboxylic acids is 1. The Labute approximate surface area is 128 Å². The Kier molecular flexibility index (Phi) is 3.04. The van der Waals surface area contributed by atoms with E-state index in [0.29, 0.717) is 0 Å². The first-order valence-electron chi connectivity index (χ1n) is 7.61. The summed E-state index contributed by atoms with van der Waals surface area (Å²) in [6.07, 6.45) is 5.70. The standard InChI is InChI=1S/C17H17NO4/c19-16(14-12-6-7-13(22-12)15(14)17(20)21)18-11-5-4-9-2-1-3-10(9)8-11/h4-8,12-15H,1-3H2,(H,18,19)(H,20,21)/p-1/t12-,13+,14-,15-/m0/s1. The van der Waals surface area contributed by atoms with Crippen molar-refractivity contribution in [3.8, 4) is 0 Å². The van der Waals surface area contributed by atoms with Gasteiger partial charge in [-0.3, -0.25) is 4.79 Å². The number of carboxylic acids is 1. The van der Waals surface area contributed by atoms with Crippen molar-refractivity contribution >= 4 is 17.6 Å². The number of carboxylic acid groups (broad SMARTS) is 1. The molecule has 2 bridgehead atoms. The maximum Gasteiger partial charge on any atom is 0.231 e. The van der Waals surface area contributed by atoms with Gasteiger partial charge < -0.3 is 20.0 Å². The minimum absolute atomic E-state index is 0.316. The number of hydrogen-bond acceptors (Lipinski definition) is 4. The lowest BCUT2D eigenvalue weighted by Gasteiger charge is -2.25. The molecule has 0 aromatic heterocycles. The van der Waals surface area contributed by atoms with Gasteiger partial charge in [-0.25, -0.2) is 0 Å². The first-order chi connectivity index (χ1) is 10.6. The summed E-state index contributed by atoms with van der Waals surface area (Å²) in [5.74, 6) is -3.19. The Morgan fingerprint density at radius 1 is 1.09 bits per heavy atom. The fourth-order valence-electron chi connectivity index (χ4n) is 3.78. The maximum absolute atomic E-state index is 12.5. The monoisotopic (exact) mass is 298 g/mol. The second-order valence-electron chi connectivity index (χ2n) is 6.15. The lowest BCUT2D eigenvalue weighted by atomic mass is 9.82. The van der Waals surface area contributed by atoms with Gasteiger partial charge in [-0.05, 0) is 42.5 Å². The van der Waals surface area contributed by atoms with Gasteiger partial charge in [0.05, 0.1) is 18.1 Å². The number of rotatable bonds is 3. The minimum Gasteiger partial charge on any atom is -0.550 e. The molecular formula is C17H16NO4-. The fourth-order valence-corrected chi connectivity index (χ4v) is 3.78. The molecule has 1 N–H and O–H groups in total. The number of carbonyl (C=O) groups is 2. The quantitative estimate of drug-likeness (QED) is 0.821. The van der Waals surface area contributed by atoms with Crippen LogP contribution in [-0.2, 0) is 27.2 Å². The summed E-state index contributed by atoms with van der Waals surface area (Å²) in [6.45, 7) is 0. The summed E-state index contributed by atoms with van der Waals surface area (Å²) >= 11 is 0. The molecule has 0 unspecified atom stereocenters. The molecule has 1 aliphatic carbocycles. The van der Waals surface area contributed by atoms with Crippen molar-refractivity contribution in [1.29, 1.82) is 0 Å². The number of aryl methyl sites for hydroxylation is 2. The Bertz CT molecular complexity index is 681. The molecule has 1 aromatic rings. The summed E-state index contributed by atoms with van der Waals surface area (Å²) < 4.78 is 5.50. The summed E-state index contributed by atoms with van der Waals surface area (Å²) in [7, 11) is 0. The molecule has 1 aromatic carbocycles. The molecule has 22 heavy (non-hydrogen) atoms. The van der Waals surface area contributed by atoms with Gasteiger partial charge in [-0.15, -0.1) is 0 Å². The third kappa shape index (κ3) is 2.04.